The lowest BCUT2D eigenvalue weighted by Gasteiger charge is -2.30. The average Bonchev–Trinajstić information content (AvgIpc) is 2.75. The molecule has 2 unspecified atom stereocenters. The van der Waals surface area contributed by atoms with Crippen LogP contribution < -0.4 is 15.4 Å². The van der Waals surface area contributed by atoms with Gasteiger partial charge in [0.2, 0.25) is 0 Å². The highest BCUT2D eigenvalue weighted by molar-refractivity contribution is 6.31. The highest BCUT2D eigenvalue weighted by Gasteiger charge is 2.30. The molecule has 0 spiro atoms. The zero-order valence-electron chi connectivity index (χ0n) is 15.8. The van der Waals surface area contributed by atoms with Gasteiger partial charge in [-0.1, -0.05) is 35.3 Å². The molecule has 4 N–H and O–H groups in total. The molecule has 0 bridgehead atoms. The van der Waals surface area contributed by atoms with Crippen molar-refractivity contribution < 1.29 is 15.2 Å². The van der Waals surface area contributed by atoms with E-state index in [1.807, 2.05) is 48.5 Å². The topological polar surface area (TPSA) is 58.1 Å². The van der Waals surface area contributed by atoms with Crippen molar-refractivity contribution in [3.05, 3.63) is 99.5 Å². The number of hydrogen-bond acceptors (Lipinski definition) is 3. The molecule has 1 heterocycles. The Morgan fingerprint density at radius 1 is 0.966 bits per heavy atom. The molecule has 148 valence electrons. The summed E-state index contributed by atoms with van der Waals surface area (Å²) in [7, 11) is 1.65. The fraction of sp³-hybridized carbons (Fsp3) is 0.130. The number of nitrogens with two attached hydrogens (primary N) is 1. The molecule has 0 radical (unpaired) electrons. The van der Waals surface area contributed by atoms with Crippen molar-refractivity contribution in [1.82, 2.24) is 5.32 Å². The van der Waals surface area contributed by atoms with Crippen LogP contribution in [0.1, 0.15) is 28.9 Å². The van der Waals surface area contributed by atoms with Gasteiger partial charge < -0.3 is 20.5 Å². The zero-order chi connectivity index (χ0) is 20.4. The average molecular weight is 428 g/mol. The first-order chi connectivity index (χ1) is 14.0. The summed E-state index contributed by atoms with van der Waals surface area (Å²) in [5, 5.41) is 17.4. The van der Waals surface area contributed by atoms with Gasteiger partial charge in [0.15, 0.2) is 6.17 Å². The van der Waals surface area contributed by atoms with Gasteiger partial charge in [-0.3, -0.25) is 0 Å². The first-order valence-corrected chi connectivity index (χ1v) is 10.0. The lowest BCUT2D eigenvalue weighted by molar-refractivity contribution is -0.731. The smallest absolute Gasteiger partial charge is 0.188 e. The summed E-state index contributed by atoms with van der Waals surface area (Å²) < 4.78 is 5.27. The van der Waals surface area contributed by atoms with Crippen molar-refractivity contribution in [2.45, 2.75) is 12.2 Å². The van der Waals surface area contributed by atoms with Crippen LogP contribution in [0, 0.1) is 0 Å². The number of phenolic OH excluding ortho intramolecular Hbond substituents is 1. The van der Waals surface area contributed by atoms with E-state index in [2.05, 4.69) is 16.7 Å². The molecule has 6 heteroatoms. The molecule has 0 fully saturated rings. The highest BCUT2D eigenvalue weighted by Crippen LogP contribution is 2.32. The predicted octanol–water partition coefficient (Wildman–Crippen LogP) is 4.66. The predicted molar refractivity (Wildman–Crippen MR) is 116 cm³/mol. The quantitative estimate of drug-likeness (QED) is 0.567. The Morgan fingerprint density at radius 3 is 2.45 bits per heavy atom. The Bertz CT molecular complexity index is 1050. The number of phenols is 1. The Hall–Kier alpha value is -2.66. The first-order valence-electron chi connectivity index (χ1n) is 9.26. The summed E-state index contributed by atoms with van der Waals surface area (Å²) in [4.78, 5) is 0. The van der Waals surface area contributed by atoms with Crippen LogP contribution in [0.3, 0.4) is 0 Å². The molecule has 0 aliphatic carbocycles. The second kappa shape index (κ2) is 8.37. The van der Waals surface area contributed by atoms with Crippen molar-refractivity contribution in [2.75, 3.05) is 7.11 Å². The summed E-state index contributed by atoms with van der Waals surface area (Å²) in [6.45, 7) is 0. The molecule has 3 aromatic rings. The zero-order valence-corrected chi connectivity index (χ0v) is 17.3. The third-order valence-corrected chi connectivity index (χ3v) is 5.63. The maximum atomic E-state index is 10.5. The van der Waals surface area contributed by atoms with E-state index in [9.17, 15) is 5.11 Å². The molecular weight excluding hydrogens is 407 g/mol. The van der Waals surface area contributed by atoms with E-state index in [0.29, 0.717) is 10.0 Å². The van der Waals surface area contributed by atoms with Gasteiger partial charge in [0, 0.05) is 22.4 Å². The number of quaternary nitrogens is 1. The van der Waals surface area contributed by atoms with E-state index in [0.717, 1.165) is 28.1 Å². The number of hydrogen-bond donors (Lipinski definition) is 3. The minimum absolute atomic E-state index is 0.130. The number of aromatic hydroxyl groups is 1. The Morgan fingerprint density at radius 2 is 1.72 bits per heavy atom. The van der Waals surface area contributed by atoms with Crippen molar-refractivity contribution in [3.63, 3.8) is 0 Å². The number of nitrogens with one attached hydrogen (secondary N) is 1. The number of benzene rings is 3. The third kappa shape index (κ3) is 4.20. The lowest BCUT2D eigenvalue weighted by Crippen LogP contribution is -2.89. The van der Waals surface area contributed by atoms with Gasteiger partial charge >= 0.3 is 0 Å². The fourth-order valence-corrected chi connectivity index (χ4v) is 3.98. The Kier molecular flexibility index (Phi) is 5.67. The van der Waals surface area contributed by atoms with Crippen LogP contribution in [0.25, 0.3) is 5.70 Å². The van der Waals surface area contributed by atoms with Crippen LogP contribution in [0.2, 0.25) is 10.0 Å². The summed E-state index contributed by atoms with van der Waals surface area (Å²) in [6, 6.07) is 20.6. The SMILES string of the molecule is COc1ccc(C2=CC(c3cc(Cl)ccc3O)[NH2+]C(c3ccccc3Cl)N2)cc1. The second-order valence-electron chi connectivity index (χ2n) is 6.87. The van der Waals surface area contributed by atoms with Crippen molar-refractivity contribution in [3.8, 4) is 11.5 Å². The van der Waals surface area contributed by atoms with Crippen molar-refractivity contribution in [2.24, 2.45) is 0 Å². The number of rotatable bonds is 4. The van der Waals surface area contributed by atoms with Crippen LogP contribution in [0.5, 0.6) is 11.5 Å². The monoisotopic (exact) mass is 427 g/mol. The molecule has 2 atom stereocenters. The maximum absolute atomic E-state index is 10.5. The van der Waals surface area contributed by atoms with Crippen molar-refractivity contribution >= 4 is 28.9 Å². The van der Waals surface area contributed by atoms with Crippen LogP contribution in [-0.2, 0) is 0 Å². The molecule has 0 aromatic heterocycles. The largest absolute Gasteiger partial charge is 0.507 e. The number of halogens is 2. The van der Waals surface area contributed by atoms with E-state index >= 15 is 0 Å². The highest BCUT2D eigenvalue weighted by atomic mass is 35.5. The van der Waals surface area contributed by atoms with E-state index in [1.54, 1.807) is 25.3 Å². The van der Waals surface area contributed by atoms with E-state index in [-0.39, 0.29) is 18.0 Å². The second-order valence-corrected chi connectivity index (χ2v) is 7.72. The summed E-state index contributed by atoms with van der Waals surface area (Å²) in [6.07, 6.45) is 1.95. The fourth-order valence-electron chi connectivity index (χ4n) is 3.55. The molecule has 1 aliphatic heterocycles. The molecule has 1 aliphatic rings. The molecule has 4 nitrogen and oxygen atoms in total. The van der Waals surface area contributed by atoms with Gasteiger partial charge in [0.05, 0.1) is 17.7 Å². The van der Waals surface area contributed by atoms with Gasteiger partial charge in [-0.15, -0.1) is 0 Å². The normalized spacial score (nSPS) is 18.7. The Labute approximate surface area is 179 Å². The maximum Gasteiger partial charge on any atom is 0.188 e. The van der Waals surface area contributed by atoms with Gasteiger partial charge in [0.25, 0.3) is 0 Å². The van der Waals surface area contributed by atoms with Crippen LogP contribution in [0.15, 0.2) is 72.8 Å². The van der Waals surface area contributed by atoms with E-state index in [1.165, 1.54) is 0 Å². The van der Waals surface area contributed by atoms with Crippen molar-refractivity contribution in [1.29, 1.82) is 0 Å². The third-order valence-electron chi connectivity index (χ3n) is 5.05. The Balaban J connectivity index is 1.78. The first kappa shape index (κ1) is 19.6. The van der Waals surface area contributed by atoms with Gasteiger partial charge in [-0.05, 0) is 60.2 Å². The number of ether oxygens (including phenoxy) is 1. The van der Waals surface area contributed by atoms with Gasteiger partial charge in [-0.2, -0.15) is 0 Å². The van der Waals surface area contributed by atoms with Gasteiger partial charge in [-0.25, -0.2) is 0 Å². The van der Waals surface area contributed by atoms with Gasteiger partial charge in [0.1, 0.15) is 17.5 Å². The van der Waals surface area contributed by atoms with Crippen LogP contribution >= 0.6 is 23.2 Å². The summed E-state index contributed by atoms with van der Waals surface area (Å²) >= 11 is 12.7. The summed E-state index contributed by atoms with van der Waals surface area (Å²) in [5.41, 5.74) is 3.69. The minimum Gasteiger partial charge on any atom is -0.507 e. The molecular formula is C23H21Cl2N2O2+. The molecule has 4 rings (SSSR count). The molecule has 0 saturated heterocycles. The lowest BCUT2D eigenvalue weighted by atomic mass is 9.98. The molecule has 0 amide bonds. The minimum atomic E-state index is -0.145. The summed E-state index contributed by atoms with van der Waals surface area (Å²) in [5.74, 6) is 1.00. The standard InChI is InChI=1S/C23H20Cl2N2O2/c1-29-16-9-6-14(7-10-16)20-13-21(18-12-15(24)8-11-22(18)28)27-23(26-20)17-4-2-3-5-19(17)25/h2-13,21,23,26-28H,1H3/p+1. The molecule has 0 saturated carbocycles. The van der Waals surface area contributed by atoms with E-state index in [4.69, 9.17) is 27.9 Å². The number of methoxy groups -OCH3 is 1. The van der Waals surface area contributed by atoms with Crippen LogP contribution in [0.4, 0.5) is 0 Å². The molecule has 3 aromatic carbocycles. The molecule has 29 heavy (non-hydrogen) atoms. The van der Waals surface area contributed by atoms with Crippen LogP contribution in [-0.4, -0.2) is 12.2 Å². The van der Waals surface area contributed by atoms with E-state index < -0.39 is 0 Å².